The SMILES string of the molecule is CC(C)Oc1cccc(C(=O)NC(=S)Nc2ccc(-c3nc4ncccc4o3)cc2)c1. The summed E-state index contributed by atoms with van der Waals surface area (Å²) in [6, 6.07) is 17.9. The summed E-state index contributed by atoms with van der Waals surface area (Å²) in [5.41, 5.74) is 3.18. The highest BCUT2D eigenvalue weighted by atomic mass is 32.1. The fraction of sp³-hybridized carbons (Fsp3) is 0.130. The molecule has 7 nitrogen and oxygen atoms in total. The Labute approximate surface area is 184 Å². The zero-order chi connectivity index (χ0) is 21.8. The van der Waals surface area contributed by atoms with E-state index in [0.717, 1.165) is 11.3 Å². The maximum atomic E-state index is 12.5. The Hall–Kier alpha value is -3.78. The number of hydrogen-bond donors (Lipinski definition) is 2. The first kappa shape index (κ1) is 20.5. The van der Waals surface area contributed by atoms with Crippen LogP contribution in [0.5, 0.6) is 5.75 Å². The molecular formula is C23H20N4O3S. The maximum Gasteiger partial charge on any atom is 0.257 e. The van der Waals surface area contributed by atoms with E-state index in [1.807, 2.05) is 50.2 Å². The molecule has 0 aliphatic carbocycles. The third-order valence-electron chi connectivity index (χ3n) is 4.25. The van der Waals surface area contributed by atoms with Crippen molar-refractivity contribution in [3.63, 3.8) is 0 Å². The van der Waals surface area contributed by atoms with Crippen molar-refractivity contribution in [2.24, 2.45) is 0 Å². The van der Waals surface area contributed by atoms with E-state index in [4.69, 9.17) is 21.4 Å². The summed E-state index contributed by atoms with van der Waals surface area (Å²) in [7, 11) is 0. The van der Waals surface area contributed by atoms with Crippen molar-refractivity contribution in [3.8, 4) is 17.2 Å². The van der Waals surface area contributed by atoms with Crippen LogP contribution in [-0.4, -0.2) is 27.1 Å². The molecule has 1 amide bonds. The number of hydrogen-bond acceptors (Lipinski definition) is 6. The molecule has 4 aromatic rings. The second-order valence-electron chi connectivity index (χ2n) is 7.02. The van der Waals surface area contributed by atoms with Gasteiger partial charge in [0, 0.05) is 23.0 Å². The van der Waals surface area contributed by atoms with Gasteiger partial charge in [0.05, 0.1) is 6.10 Å². The number of carbonyl (C=O) groups excluding carboxylic acids is 1. The number of ether oxygens (including phenoxy) is 1. The third-order valence-corrected chi connectivity index (χ3v) is 4.45. The number of nitrogens with one attached hydrogen (secondary N) is 2. The maximum absolute atomic E-state index is 12.5. The molecule has 0 aliphatic heterocycles. The number of fused-ring (bicyclic) bond motifs is 1. The van der Waals surface area contributed by atoms with Crippen LogP contribution in [0.4, 0.5) is 5.69 Å². The van der Waals surface area contributed by atoms with Crippen molar-refractivity contribution < 1.29 is 13.9 Å². The summed E-state index contributed by atoms with van der Waals surface area (Å²) >= 11 is 5.27. The highest BCUT2D eigenvalue weighted by Crippen LogP contribution is 2.24. The lowest BCUT2D eigenvalue weighted by Crippen LogP contribution is -2.34. The molecule has 31 heavy (non-hydrogen) atoms. The number of benzene rings is 2. The number of rotatable bonds is 5. The van der Waals surface area contributed by atoms with Crippen LogP contribution in [0.2, 0.25) is 0 Å². The quantitative estimate of drug-likeness (QED) is 0.438. The lowest BCUT2D eigenvalue weighted by molar-refractivity contribution is 0.0977. The zero-order valence-corrected chi connectivity index (χ0v) is 17.8. The standard InChI is InChI=1S/C23H20N4O3S/c1-14(2)29-18-6-3-5-16(13-18)21(28)27-23(31)25-17-10-8-15(9-11-17)22-26-20-19(30-22)7-4-12-24-20/h3-14H,1-2H3,(H2,25,27,28,31). The lowest BCUT2D eigenvalue weighted by atomic mass is 10.2. The molecule has 0 saturated carbocycles. The summed E-state index contributed by atoms with van der Waals surface area (Å²) in [4.78, 5) is 21.0. The minimum atomic E-state index is -0.317. The van der Waals surface area contributed by atoms with E-state index in [-0.39, 0.29) is 17.1 Å². The first-order chi connectivity index (χ1) is 15.0. The molecule has 0 atom stereocenters. The van der Waals surface area contributed by atoms with Crippen LogP contribution in [0.25, 0.3) is 22.7 Å². The predicted molar refractivity (Wildman–Crippen MR) is 123 cm³/mol. The van der Waals surface area contributed by atoms with E-state index in [2.05, 4.69) is 20.6 Å². The minimum absolute atomic E-state index is 0.0232. The molecule has 2 aromatic carbocycles. The van der Waals surface area contributed by atoms with Gasteiger partial charge in [-0.2, -0.15) is 4.98 Å². The van der Waals surface area contributed by atoms with Crippen molar-refractivity contribution in [1.82, 2.24) is 15.3 Å². The van der Waals surface area contributed by atoms with Crippen LogP contribution in [0.3, 0.4) is 0 Å². The van der Waals surface area contributed by atoms with Gasteiger partial charge in [-0.05, 0) is 80.7 Å². The predicted octanol–water partition coefficient (Wildman–Crippen LogP) is 4.80. The Morgan fingerprint density at radius 1 is 1.10 bits per heavy atom. The van der Waals surface area contributed by atoms with E-state index in [0.29, 0.717) is 28.4 Å². The van der Waals surface area contributed by atoms with E-state index < -0.39 is 0 Å². The second kappa shape index (κ2) is 8.93. The second-order valence-corrected chi connectivity index (χ2v) is 7.43. The van der Waals surface area contributed by atoms with E-state index in [9.17, 15) is 4.79 Å². The van der Waals surface area contributed by atoms with Gasteiger partial charge in [0.25, 0.3) is 5.91 Å². The van der Waals surface area contributed by atoms with Gasteiger partial charge < -0.3 is 14.5 Å². The van der Waals surface area contributed by atoms with Crippen molar-refractivity contribution in [3.05, 3.63) is 72.4 Å². The van der Waals surface area contributed by atoms with Gasteiger partial charge in [-0.25, -0.2) is 4.98 Å². The molecule has 8 heteroatoms. The molecule has 0 unspecified atom stereocenters. The fourth-order valence-electron chi connectivity index (χ4n) is 2.91. The number of amides is 1. The average molecular weight is 433 g/mol. The van der Waals surface area contributed by atoms with Gasteiger partial charge in [-0.3, -0.25) is 10.1 Å². The highest BCUT2D eigenvalue weighted by Gasteiger charge is 2.11. The first-order valence-corrected chi connectivity index (χ1v) is 10.1. The van der Waals surface area contributed by atoms with Gasteiger partial charge in [0.2, 0.25) is 5.89 Å². The highest BCUT2D eigenvalue weighted by molar-refractivity contribution is 7.80. The topological polar surface area (TPSA) is 89.3 Å². The van der Waals surface area contributed by atoms with Gasteiger partial charge in [0.15, 0.2) is 16.3 Å². The molecule has 0 spiro atoms. The van der Waals surface area contributed by atoms with Crippen LogP contribution in [0, 0.1) is 0 Å². The van der Waals surface area contributed by atoms with Crippen LogP contribution in [0.1, 0.15) is 24.2 Å². The fourth-order valence-corrected chi connectivity index (χ4v) is 3.12. The molecule has 156 valence electrons. The zero-order valence-electron chi connectivity index (χ0n) is 17.0. The lowest BCUT2D eigenvalue weighted by Gasteiger charge is -2.12. The molecule has 0 bridgehead atoms. The smallest absolute Gasteiger partial charge is 0.257 e. The summed E-state index contributed by atoms with van der Waals surface area (Å²) < 4.78 is 11.4. The Balaban J connectivity index is 1.39. The molecule has 0 radical (unpaired) electrons. The van der Waals surface area contributed by atoms with Gasteiger partial charge >= 0.3 is 0 Å². The minimum Gasteiger partial charge on any atom is -0.491 e. The monoisotopic (exact) mass is 432 g/mol. The number of aromatic nitrogens is 2. The van der Waals surface area contributed by atoms with E-state index in [1.54, 1.807) is 30.5 Å². The van der Waals surface area contributed by atoms with Crippen molar-refractivity contribution in [2.75, 3.05) is 5.32 Å². The number of anilines is 1. The first-order valence-electron chi connectivity index (χ1n) is 9.69. The summed E-state index contributed by atoms with van der Waals surface area (Å²) in [6.45, 7) is 3.86. The summed E-state index contributed by atoms with van der Waals surface area (Å²) in [5.74, 6) is 0.799. The van der Waals surface area contributed by atoms with Crippen molar-refractivity contribution >= 4 is 40.2 Å². The third kappa shape index (κ3) is 5.04. The molecule has 0 fully saturated rings. The van der Waals surface area contributed by atoms with Crippen LogP contribution < -0.4 is 15.4 Å². The number of oxazole rings is 1. The molecule has 0 aliphatic rings. The molecule has 4 rings (SSSR count). The van der Waals surface area contributed by atoms with Crippen molar-refractivity contribution in [1.29, 1.82) is 0 Å². The van der Waals surface area contributed by atoms with Crippen molar-refractivity contribution in [2.45, 2.75) is 20.0 Å². The Bertz CT molecular complexity index is 1200. The summed E-state index contributed by atoms with van der Waals surface area (Å²) in [5, 5.41) is 5.87. The van der Waals surface area contributed by atoms with Crippen LogP contribution in [-0.2, 0) is 0 Å². The molecule has 2 aromatic heterocycles. The van der Waals surface area contributed by atoms with Crippen LogP contribution in [0.15, 0.2) is 71.3 Å². The average Bonchev–Trinajstić information content (AvgIpc) is 3.18. The molecule has 0 saturated heterocycles. The van der Waals surface area contributed by atoms with E-state index in [1.165, 1.54) is 0 Å². The molecule has 2 N–H and O–H groups in total. The largest absolute Gasteiger partial charge is 0.491 e. The Kier molecular flexibility index (Phi) is 5.90. The molecular weight excluding hydrogens is 412 g/mol. The Morgan fingerprint density at radius 3 is 2.65 bits per heavy atom. The molecule has 2 heterocycles. The van der Waals surface area contributed by atoms with Gasteiger partial charge in [-0.1, -0.05) is 6.07 Å². The number of carbonyl (C=O) groups is 1. The normalized spacial score (nSPS) is 10.8. The number of nitrogens with zero attached hydrogens (tertiary/aromatic N) is 2. The Morgan fingerprint density at radius 2 is 1.90 bits per heavy atom. The summed E-state index contributed by atoms with van der Waals surface area (Å²) in [6.07, 6.45) is 1.69. The van der Waals surface area contributed by atoms with Gasteiger partial charge in [-0.15, -0.1) is 0 Å². The van der Waals surface area contributed by atoms with Crippen LogP contribution >= 0.6 is 12.2 Å². The number of pyridine rings is 1. The number of thiocarbonyl (C=S) groups is 1. The van der Waals surface area contributed by atoms with Gasteiger partial charge in [0.1, 0.15) is 5.75 Å². The van der Waals surface area contributed by atoms with E-state index >= 15 is 0 Å².